The number of ether oxygens (including phenoxy) is 2. The van der Waals surface area contributed by atoms with Crippen molar-refractivity contribution >= 4 is 44.2 Å². The lowest BCUT2D eigenvalue weighted by molar-refractivity contribution is 0.102. The molecule has 31 heavy (non-hydrogen) atoms. The Kier molecular flexibility index (Phi) is 6.04. The van der Waals surface area contributed by atoms with Gasteiger partial charge in [0.1, 0.15) is 28.3 Å². The average Bonchev–Trinajstić information content (AvgIpc) is 2.79. The topological polar surface area (TPSA) is 73.1 Å². The van der Waals surface area contributed by atoms with Crippen LogP contribution in [0.5, 0.6) is 11.5 Å². The highest BCUT2D eigenvalue weighted by molar-refractivity contribution is 9.10. The van der Waals surface area contributed by atoms with E-state index in [-0.39, 0.29) is 11.5 Å². The summed E-state index contributed by atoms with van der Waals surface area (Å²) in [6.45, 7) is 0. The number of rotatable bonds is 5. The van der Waals surface area contributed by atoms with E-state index in [9.17, 15) is 4.79 Å². The summed E-state index contributed by atoms with van der Waals surface area (Å²) in [5.41, 5.74) is 2.23. The summed E-state index contributed by atoms with van der Waals surface area (Å²) >= 11 is 3.46. The van der Waals surface area contributed by atoms with Crippen LogP contribution in [0.1, 0.15) is 10.4 Å². The van der Waals surface area contributed by atoms with Crippen LogP contribution < -0.4 is 20.3 Å². The molecule has 3 aromatic carbocycles. The lowest BCUT2D eigenvalue weighted by Crippen LogP contribution is -2.21. The fourth-order valence-electron chi connectivity index (χ4n) is 3.08. The Bertz CT molecular complexity index is 1330. The molecule has 1 aromatic heterocycles. The van der Waals surface area contributed by atoms with Crippen molar-refractivity contribution in [2.45, 2.75) is 0 Å². The fraction of sp³-hybridized carbons (Fsp3) is 0.0833. The summed E-state index contributed by atoms with van der Waals surface area (Å²) in [7, 11) is 3.14. The van der Waals surface area contributed by atoms with Gasteiger partial charge in [-0.05, 0) is 48.5 Å². The maximum atomic E-state index is 13.2. The summed E-state index contributed by atoms with van der Waals surface area (Å²) in [4.78, 5) is 17.8. The highest BCUT2D eigenvalue weighted by Gasteiger charge is 2.14. The van der Waals surface area contributed by atoms with Crippen molar-refractivity contribution < 1.29 is 18.7 Å². The fourth-order valence-corrected chi connectivity index (χ4v) is 3.46. The van der Waals surface area contributed by atoms with Gasteiger partial charge in [-0.15, -0.1) is 0 Å². The normalized spacial score (nSPS) is 11.4. The summed E-state index contributed by atoms with van der Waals surface area (Å²) < 4.78 is 17.5. The van der Waals surface area contributed by atoms with Gasteiger partial charge < -0.3 is 19.2 Å². The van der Waals surface area contributed by atoms with E-state index in [1.165, 1.54) is 0 Å². The van der Waals surface area contributed by atoms with Crippen LogP contribution in [0, 0.1) is 0 Å². The number of nitrogens with zero attached hydrogens (tertiary/aromatic N) is 1. The molecule has 4 rings (SSSR count). The Balaban J connectivity index is 1.86. The van der Waals surface area contributed by atoms with Crippen molar-refractivity contribution in [3.63, 3.8) is 0 Å². The Morgan fingerprint density at radius 2 is 1.81 bits per heavy atom. The van der Waals surface area contributed by atoms with Crippen LogP contribution in [0.3, 0.4) is 0 Å². The smallest absolute Gasteiger partial charge is 0.261 e. The van der Waals surface area contributed by atoms with Crippen LogP contribution >= 0.6 is 15.9 Å². The largest absolute Gasteiger partial charge is 0.497 e. The van der Waals surface area contributed by atoms with Gasteiger partial charge in [0.2, 0.25) is 5.55 Å². The highest BCUT2D eigenvalue weighted by atomic mass is 79.9. The zero-order chi connectivity index (χ0) is 21.8. The molecular formula is C24H19BrN2O4. The van der Waals surface area contributed by atoms with E-state index in [1.54, 1.807) is 56.7 Å². The summed E-state index contributed by atoms with van der Waals surface area (Å²) in [5.74, 6) is 0.865. The number of fused-ring (bicyclic) bond motifs is 1. The van der Waals surface area contributed by atoms with E-state index < -0.39 is 0 Å². The minimum Gasteiger partial charge on any atom is -0.497 e. The van der Waals surface area contributed by atoms with Gasteiger partial charge in [0.05, 0.1) is 14.2 Å². The van der Waals surface area contributed by atoms with Crippen molar-refractivity contribution in [1.82, 2.24) is 0 Å². The number of benzene rings is 3. The third-order valence-electron chi connectivity index (χ3n) is 4.59. The first-order chi connectivity index (χ1) is 15.1. The van der Waals surface area contributed by atoms with E-state index >= 15 is 0 Å². The van der Waals surface area contributed by atoms with Gasteiger partial charge in [0, 0.05) is 21.6 Å². The number of methoxy groups -OCH3 is 2. The maximum absolute atomic E-state index is 13.2. The number of carbonyl (C=O) groups excluding carboxylic acids is 1. The number of para-hydroxylation sites is 2. The minimum absolute atomic E-state index is 0.180. The van der Waals surface area contributed by atoms with E-state index in [4.69, 9.17) is 13.9 Å². The molecule has 1 heterocycles. The summed E-state index contributed by atoms with van der Waals surface area (Å²) in [6.07, 6.45) is 0. The molecule has 0 saturated heterocycles. The predicted octanol–water partition coefficient (Wildman–Crippen LogP) is 5.70. The highest BCUT2D eigenvalue weighted by Crippen LogP contribution is 2.26. The van der Waals surface area contributed by atoms with Crippen molar-refractivity contribution in [2.75, 3.05) is 19.5 Å². The molecule has 0 bridgehead atoms. The molecule has 1 N–H and O–H groups in total. The van der Waals surface area contributed by atoms with Crippen molar-refractivity contribution in [1.29, 1.82) is 0 Å². The molecule has 156 valence electrons. The number of nitrogens with one attached hydrogen (secondary N) is 1. The van der Waals surface area contributed by atoms with Crippen LogP contribution in [-0.2, 0) is 0 Å². The first-order valence-corrected chi connectivity index (χ1v) is 10.2. The molecule has 0 radical (unpaired) electrons. The van der Waals surface area contributed by atoms with Gasteiger partial charge in [-0.2, -0.15) is 0 Å². The van der Waals surface area contributed by atoms with Crippen LogP contribution in [0.15, 0.2) is 86.7 Å². The van der Waals surface area contributed by atoms with Crippen LogP contribution in [-0.4, -0.2) is 20.1 Å². The number of hydrogen-bond donors (Lipinski definition) is 1. The molecule has 0 aliphatic rings. The van der Waals surface area contributed by atoms with Crippen molar-refractivity contribution in [3.8, 4) is 11.5 Å². The van der Waals surface area contributed by atoms with E-state index in [1.807, 2.05) is 30.3 Å². The first-order valence-electron chi connectivity index (χ1n) is 9.44. The lowest BCUT2D eigenvalue weighted by Gasteiger charge is -2.09. The van der Waals surface area contributed by atoms with Crippen LogP contribution in [0.25, 0.3) is 11.0 Å². The molecule has 1 amide bonds. The molecule has 0 unspecified atom stereocenters. The standard InChI is InChI=1S/C24H19BrN2O4/c1-29-18-7-5-6-17(14-18)26-23(28)19-13-15-12-16(25)10-11-21(15)31-24(19)27-20-8-3-4-9-22(20)30-2/h3-14H,1-2H3,(H,26,28). The number of amides is 1. The number of carbonyl (C=O) groups is 1. The van der Waals surface area contributed by atoms with Gasteiger partial charge in [-0.3, -0.25) is 4.79 Å². The molecule has 0 spiro atoms. The molecule has 7 heteroatoms. The summed E-state index contributed by atoms with van der Waals surface area (Å²) in [5, 5.41) is 3.65. The van der Waals surface area contributed by atoms with E-state index in [2.05, 4.69) is 26.2 Å². The molecule has 0 fully saturated rings. The predicted molar refractivity (Wildman–Crippen MR) is 123 cm³/mol. The van der Waals surface area contributed by atoms with Gasteiger partial charge >= 0.3 is 0 Å². The third-order valence-corrected chi connectivity index (χ3v) is 5.08. The van der Waals surface area contributed by atoms with Gasteiger partial charge in [0.25, 0.3) is 5.91 Å². The van der Waals surface area contributed by atoms with Crippen molar-refractivity contribution in [2.24, 2.45) is 4.99 Å². The second kappa shape index (κ2) is 9.06. The van der Waals surface area contributed by atoms with Gasteiger partial charge in [-0.25, -0.2) is 4.99 Å². The molecule has 6 nitrogen and oxygen atoms in total. The SMILES string of the molecule is COc1cccc(NC(=O)c2cc3cc(Br)ccc3oc2=Nc2ccccc2OC)c1. The second-order valence-electron chi connectivity index (χ2n) is 6.62. The second-order valence-corrected chi connectivity index (χ2v) is 7.53. The maximum Gasteiger partial charge on any atom is 0.261 e. The van der Waals surface area contributed by atoms with E-state index in [0.29, 0.717) is 34.0 Å². The quantitative estimate of drug-likeness (QED) is 0.399. The Morgan fingerprint density at radius 3 is 2.61 bits per heavy atom. The third kappa shape index (κ3) is 4.62. The molecular weight excluding hydrogens is 460 g/mol. The van der Waals surface area contributed by atoms with Crippen LogP contribution in [0.4, 0.5) is 11.4 Å². The molecule has 0 aliphatic carbocycles. The monoisotopic (exact) mass is 478 g/mol. The Labute approximate surface area is 187 Å². The molecule has 4 aromatic rings. The zero-order valence-corrected chi connectivity index (χ0v) is 18.5. The van der Waals surface area contributed by atoms with Gasteiger partial charge in [-0.1, -0.05) is 34.1 Å². The number of anilines is 1. The van der Waals surface area contributed by atoms with Gasteiger partial charge in [0.15, 0.2) is 0 Å². The van der Waals surface area contributed by atoms with E-state index in [0.717, 1.165) is 9.86 Å². The number of hydrogen-bond acceptors (Lipinski definition) is 5. The van der Waals surface area contributed by atoms with Crippen LogP contribution in [0.2, 0.25) is 0 Å². The summed E-state index contributed by atoms with van der Waals surface area (Å²) in [6, 6.07) is 21.8. The molecule has 0 aliphatic heterocycles. The zero-order valence-electron chi connectivity index (χ0n) is 16.9. The molecule has 0 saturated carbocycles. The lowest BCUT2D eigenvalue weighted by atomic mass is 10.1. The Hall–Kier alpha value is -3.58. The Morgan fingerprint density at radius 1 is 0.968 bits per heavy atom. The minimum atomic E-state index is -0.354. The first kappa shape index (κ1) is 20.7. The average molecular weight is 479 g/mol. The number of halogens is 1. The molecule has 0 atom stereocenters. The van der Waals surface area contributed by atoms with Crippen molar-refractivity contribution in [3.05, 3.63) is 88.4 Å².